The van der Waals surface area contributed by atoms with E-state index in [1.54, 1.807) is 7.11 Å². The molecule has 0 amide bonds. The molecule has 1 aromatic carbocycles. The van der Waals surface area contributed by atoms with Crippen LogP contribution >= 0.6 is 12.2 Å². The molecule has 1 unspecified atom stereocenters. The van der Waals surface area contributed by atoms with Crippen LogP contribution in [-0.4, -0.2) is 22.8 Å². The smallest absolute Gasteiger partial charge is 0.172 e. The van der Waals surface area contributed by atoms with Crippen LogP contribution in [0.15, 0.2) is 36.4 Å². The summed E-state index contributed by atoms with van der Waals surface area (Å²) < 4.78 is 11.4. The van der Waals surface area contributed by atoms with Crippen molar-refractivity contribution in [3.8, 4) is 11.5 Å². The first-order chi connectivity index (χ1) is 11.9. The van der Waals surface area contributed by atoms with Crippen molar-refractivity contribution in [1.29, 1.82) is 0 Å². The number of fused-ring (bicyclic) bond motifs is 1. The van der Waals surface area contributed by atoms with Gasteiger partial charge in [-0.3, -0.25) is 0 Å². The van der Waals surface area contributed by atoms with Gasteiger partial charge in [-0.25, -0.2) is 4.98 Å². The van der Waals surface area contributed by atoms with Gasteiger partial charge in [-0.2, -0.15) is 0 Å². The average molecular weight is 357 g/mol. The number of methoxy groups -OCH3 is 1. The highest BCUT2D eigenvalue weighted by atomic mass is 32.1. The van der Waals surface area contributed by atoms with Crippen molar-refractivity contribution in [2.75, 3.05) is 12.4 Å². The van der Waals surface area contributed by atoms with E-state index in [1.807, 2.05) is 43.3 Å². The summed E-state index contributed by atoms with van der Waals surface area (Å²) in [5, 5.41) is 7.09. The van der Waals surface area contributed by atoms with Crippen LogP contribution in [-0.2, 0) is 0 Å². The number of aromatic nitrogens is 1. The monoisotopic (exact) mass is 357 g/mol. The highest BCUT2D eigenvalue weighted by Crippen LogP contribution is 2.41. The van der Waals surface area contributed by atoms with Crippen molar-refractivity contribution >= 4 is 23.1 Å². The number of pyridine rings is 1. The number of anilines is 1. The zero-order chi connectivity index (χ0) is 18.0. The average Bonchev–Trinajstić information content (AvgIpc) is 2.53. The first-order valence-electron chi connectivity index (χ1n) is 8.24. The second kappa shape index (κ2) is 6.88. The zero-order valence-electron chi connectivity index (χ0n) is 14.9. The molecule has 2 N–H and O–H groups in total. The Hall–Kier alpha value is -2.34. The van der Waals surface area contributed by atoms with Gasteiger partial charge in [0.05, 0.1) is 13.2 Å². The number of benzene rings is 1. The Bertz CT molecular complexity index is 792. The van der Waals surface area contributed by atoms with Crippen molar-refractivity contribution < 1.29 is 9.47 Å². The fraction of sp³-hybridized carbons (Fsp3) is 0.368. The van der Waals surface area contributed by atoms with Crippen molar-refractivity contribution in [2.45, 2.75) is 38.8 Å². The number of nitrogens with one attached hydrogen (secondary N) is 2. The number of ether oxygens (including phenoxy) is 2. The van der Waals surface area contributed by atoms with E-state index in [2.05, 4.69) is 29.5 Å². The van der Waals surface area contributed by atoms with Crippen LogP contribution in [0.25, 0.3) is 0 Å². The molecule has 5 nitrogen and oxygen atoms in total. The second-order valence-corrected chi connectivity index (χ2v) is 7.19. The van der Waals surface area contributed by atoms with E-state index in [4.69, 9.17) is 21.7 Å². The SMILES string of the molecule is COc1ccc2c(c1)C(NC(=S)Nc1cccc(C)n1)CC(C)(C)O2. The Labute approximate surface area is 153 Å². The van der Waals surface area contributed by atoms with Gasteiger partial charge in [0.1, 0.15) is 22.9 Å². The minimum absolute atomic E-state index is 0.0265. The Morgan fingerprint density at radius 2 is 2.12 bits per heavy atom. The molecule has 2 aromatic rings. The van der Waals surface area contributed by atoms with Crippen LogP contribution in [0.1, 0.15) is 37.6 Å². The second-order valence-electron chi connectivity index (χ2n) is 6.78. The third-order valence-corrected chi connectivity index (χ3v) is 4.33. The van der Waals surface area contributed by atoms with Crippen LogP contribution in [0.5, 0.6) is 11.5 Å². The summed E-state index contributed by atoms with van der Waals surface area (Å²) >= 11 is 5.49. The van der Waals surface area contributed by atoms with Gasteiger partial charge in [0, 0.05) is 17.7 Å². The van der Waals surface area contributed by atoms with Crippen LogP contribution in [0, 0.1) is 6.92 Å². The van der Waals surface area contributed by atoms with Gasteiger partial charge >= 0.3 is 0 Å². The summed E-state index contributed by atoms with van der Waals surface area (Å²) in [6.07, 6.45) is 0.788. The van der Waals surface area contributed by atoms with E-state index in [1.165, 1.54) is 0 Å². The Kier molecular flexibility index (Phi) is 4.81. The Morgan fingerprint density at radius 1 is 1.32 bits per heavy atom. The Morgan fingerprint density at radius 3 is 2.84 bits per heavy atom. The molecule has 0 bridgehead atoms. The van der Waals surface area contributed by atoms with Gasteiger partial charge in [0.15, 0.2) is 5.11 Å². The van der Waals surface area contributed by atoms with Crippen molar-refractivity contribution in [3.63, 3.8) is 0 Å². The molecule has 1 atom stereocenters. The quantitative estimate of drug-likeness (QED) is 0.810. The molecule has 25 heavy (non-hydrogen) atoms. The van der Waals surface area contributed by atoms with Crippen LogP contribution < -0.4 is 20.1 Å². The molecule has 1 aliphatic heterocycles. The van der Waals surface area contributed by atoms with Gasteiger partial charge in [-0.05, 0) is 63.3 Å². The van der Waals surface area contributed by atoms with Crippen molar-refractivity contribution in [1.82, 2.24) is 10.3 Å². The van der Waals surface area contributed by atoms with E-state index in [0.717, 1.165) is 35.0 Å². The third-order valence-electron chi connectivity index (χ3n) is 4.11. The fourth-order valence-electron chi connectivity index (χ4n) is 3.01. The molecule has 0 radical (unpaired) electrons. The van der Waals surface area contributed by atoms with Gasteiger partial charge in [-0.1, -0.05) is 6.07 Å². The largest absolute Gasteiger partial charge is 0.497 e. The number of aryl methyl sites for hydroxylation is 1. The number of thiocarbonyl (C=S) groups is 1. The lowest BCUT2D eigenvalue weighted by Gasteiger charge is -2.38. The summed E-state index contributed by atoms with van der Waals surface area (Å²) in [6.45, 7) is 6.10. The normalized spacial score (nSPS) is 17.8. The molecule has 132 valence electrons. The fourth-order valence-corrected chi connectivity index (χ4v) is 3.26. The number of hydrogen-bond donors (Lipinski definition) is 2. The lowest BCUT2D eigenvalue weighted by molar-refractivity contribution is 0.0695. The molecule has 0 fully saturated rings. The van der Waals surface area contributed by atoms with Gasteiger partial charge in [-0.15, -0.1) is 0 Å². The third kappa shape index (κ3) is 4.20. The van der Waals surface area contributed by atoms with Gasteiger partial charge in [0.2, 0.25) is 0 Å². The minimum atomic E-state index is -0.281. The number of rotatable bonds is 3. The molecule has 2 heterocycles. The number of nitrogens with zero attached hydrogens (tertiary/aromatic N) is 1. The minimum Gasteiger partial charge on any atom is -0.497 e. The lowest BCUT2D eigenvalue weighted by atomic mass is 9.89. The maximum Gasteiger partial charge on any atom is 0.172 e. The molecule has 0 spiro atoms. The molecule has 6 heteroatoms. The van der Waals surface area contributed by atoms with Gasteiger partial charge < -0.3 is 20.1 Å². The molecule has 0 saturated carbocycles. The summed E-state index contributed by atoms with van der Waals surface area (Å²) in [5.41, 5.74) is 1.70. The molecule has 0 aliphatic carbocycles. The summed E-state index contributed by atoms with van der Waals surface area (Å²) in [7, 11) is 1.66. The Balaban J connectivity index is 1.80. The molecular weight excluding hydrogens is 334 g/mol. The molecular formula is C19H23N3O2S. The highest BCUT2D eigenvalue weighted by molar-refractivity contribution is 7.80. The summed E-state index contributed by atoms with van der Waals surface area (Å²) in [5.74, 6) is 2.38. The van der Waals surface area contributed by atoms with Gasteiger partial charge in [0.25, 0.3) is 0 Å². The van der Waals surface area contributed by atoms with Crippen LogP contribution in [0.3, 0.4) is 0 Å². The van der Waals surface area contributed by atoms with E-state index in [0.29, 0.717) is 5.11 Å². The lowest BCUT2D eigenvalue weighted by Crippen LogP contribution is -2.42. The van der Waals surface area contributed by atoms with E-state index in [9.17, 15) is 0 Å². The van der Waals surface area contributed by atoms with Crippen LogP contribution in [0.2, 0.25) is 0 Å². The standard InChI is InChI=1S/C19H23N3O2S/c1-12-6-5-7-17(20-12)22-18(25)21-15-11-19(2,3)24-16-9-8-13(23-4)10-14(15)16/h5-10,15H,11H2,1-4H3,(H2,20,21,22,25). The molecule has 3 rings (SSSR count). The van der Waals surface area contributed by atoms with Crippen molar-refractivity contribution in [3.05, 3.63) is 47.7 Å². The first-order valence-corrected chi connectivity index (χ1v) is 8.65. The predicted octanol–water partition coefficient (Wildman–Crippen LogP) is 3.99. The first kappa shape index (κ1) is 17.5. The topological polar surface area (TPSA) is 55.4 Å². The van der Waals surface area contributed by atoms with Crippen molar-refractivity contribution in [2.24, 2.45) is 0 Å². The maximum atomic E-state index is 6.09. The maximum absolute atomic E-state index is 6.09. The molecule has 1 aromatic heterocycles. The zero-order valence-corrected chi connectivity index (χ0v) is 15.7. The summed E-state index contributed by atoms with van der Waals surface area (Å²) in [4.78, 5) is 4.42. The highest BCUT2D eigenvalue weighted by Gasteiger charge is 2.34. The van der Waals surface area contributed by atoms with E-state index in [-0.39, 0.29) is 11.6 Å². The van der Waals surface area contributed by atoms with E-state index < -0.39 is 0 Å². The summed E-state index contributed by atoms with van der Waals surface area (Å²) in [6, 6.07) is 11.7. The van der Waals surface area contributed by atoms with Crippen LogP contribution in [0.4, 0.5) is 5.82 Å². The number of hydrogen-bond acceptors (Lipinski definition) is 4. The van der Waals surface area contributed by atoms with E-state index >= 15 is 0 Å². The molecule has 1 aliphatic rings. The predicted molar refractivity (Wildman–Crippen MR) is 103 cm³/mol. The molecule has 0 saturated heterocycles.